The summed E-state index contributed by atoms with van der Waals surface area (Å²) in [5.41, 5.74) is -0.253. The van der Waals surface area contributed by atoms with Crippen LogP contribution in [0.3, 0.4) is 0 Å². The Kier molecular flexibility index (Phi) is 7.11. The predicted octanol–water partition coefficient (Wildman–Crippen LogP) is 3.67. The van der Waals surface area contributed by atoms with E-state index in [1.54, 1.807) is 18.2 Å². The summed E-state index contributed by atoms with van der Waals surface area (Å²) in [4.78, 5) is 14.4. The van der Waals surface area contributed by atoms with Gasteiger partial charge in [-0.3, -0.25) is 4.79 Å². The molecule has 0 bridgehead atoms. The number of phenols is 1. The normalized spacial score (nSPS) is 17.6. The number of sulfone groups is 1. The highest BCUT2D eigenvalue weighted by molar-refractivity contribution is 7.90. The standard InChI is InChI=1S/C22H24F3NO6S/c1-14(22(23,24)25)32-19-8-7-16(33(2,29)30)11-17(19)21(28)26-10-9-15(12-26)13-31-20-6-4-3-5-18(20)27/h3-8,11,14-15,27H,9-10,12-13H2,1-2H3. The van der Waals surface area contributed by atoms with Gasteiger partial charge < -0.3 is 19.5 Å². The van der Waals surface area contributed by atoms with Crippen molar-refractivity contribution >= 4 is 15.7 Å². The van der Waals surface area contributed by atoms with Crippen LogP contribution in [0.1, 0.15) is 23.7 Å². The number of para-hydroxylation sites is 2. The number of alkyl halides is 3. The number of amides is 1. The molecular formula is C22H24F3NO6S. The number of benzene rings is 2. The number of aromatic hydroxyl groups is 1. The van der Waals surface area contributed by atoms with E-state index < -0.39 is 28.0 Å². The van der Waals surface area contributed by atoms with E-state index in [-0.39, 0.29) is 41.0 Å². The van der Waals surface area contributed by atoms with Crippen LogP contribution in [-0.4, -0.2) is 62.6 Å². The summed E-state index contributed by atoms with van der Waals surface area (Å²) in [5, 5.41) is 9.79. The minimum Gasteiger partial charge on any atom is -0.504 e. The van der Waals surface area contributed by atoms with Crippen LogP contribution in [0, 0.1) is 5.92 Å². The number of ether oxygens (including phenoxy) is 2. The van der Waals surface area contributed by atoms with Crippen LogP contribution in [0.5, 0.6) is 17.2 Å². The Hall–Kier alpha value is -2.95. The van der Waals surface area contributed by atoms with Crippen molar-refractivity contribution in [2.24, 2.45) is 5.92 Å². The Balaban J connectivity index is 1.78. The highest BCUT2D eigenvalue weighted by atomic mass is 32.2. The van der Waals surface area contributed by atoms with Crippen LogP contribution in [0.4, 0.5) is 13.2 Å². The van der Waals surface area contributed by atoms with Crippen molar-refractivity contribution in [2.45, 2.75) is 30.5 Å². The first-order valence-electron chi connectivity index (χ1n) is 10.1. The van der Waals surface area contributed by atoms with Gasteiger partial charge in [-0.1, -0.05) is 12.1 Å². The number of carbonyl (C=O) groups is 1. The second-order valence-corrected chi connectivity index (χ2v) is 9.93. The van der Waals surface area contributed by atoms with Gasteiger partial charge in [0, 0.05) is 25.3 Å². The molecule has 0 spiro atoms. The third-order valence-corrected chi connectivity index (χ3v) is 6.40. The number of carbonyl (C=O) groups excluding carboxylic acids is 1. The lowest BCUT2D eigenvalue weighted by molar-refractivity contribution is -0.189. The molecule has 1 fully saturated rings. The fourth-order valence-electron chi connectivity index (χ4n) is 3.38. The monoisotopic (exact) mass is 487 g/mol. The third-order valence-electron chi connectivity index (χ3n) is 5.29. The van der Waals surface area contributed by atoms with Crippen molar-refractivity contribution in [3.8, 4) is 17.2 Å². The van der Waals surface area contributed by atoms with E-state index >= 15 is 0 Å². The predicted molar refractivity (Wildman–Crippen MR) is 113 cm³/mol. The zero-order chi connectivity index (χ0) is 24.4. The number of likely N-dealkylation sites (tertiary alicyclic amines) is 1. The average Bonchev–Trinajstić information content (AvgIpc) is 3.20. The van der Waals surface area contributed by atoms with Crippen molar-refractivity contribution < 1.29 is 41.0 Å². The molecule has 33 heavy (non-hydrogen) atoms. The zero-order valence-electron chi connectivity index (χ0n) is 18.0. The molecule has 1 N–H and O–H groups in total. The Morgan fingerprint density at radius 1 is 1.21 bits per heavy atom. The Labute approximate surface area is 189 Å². The third kappa shape index (κ3) is 6.10. The molecule has 0 aliphatic carbocycles. The fourth-order valence-corrected chi connectivity index (χ4v) is 4.02. The maximum absolute atomic E-state index is 13.1. The Morgan fingerprint density at radius 2 is 1.91 bits per heavy atom. The van der Waals surface area contributed by atoms with Crippen molar-refractivity contribution in [1.82, 2.24) is 4.90 Å². The molecule has 1 saturated heterocycles. The van der Waals surface area contributed by atoms with Crippen LogP contribution < -0.4 is 9.47 Å². The van der Waals surface area contributed by atoms with Gasteiger partial charge in [0.05, 0.1) is 17.1 Å². The highest BCUT2D eigenvalue weighted by Crippen LogP contribution is 2.31. The SMILES string of the molecule is CC(Oc1ccc(S(C)(=O)=O)cc1C(=O)N1CCC(COc2ccccc2O)C1)C(F)(F)F. The first-order chi connectivity index (χ1) is 15.4. The van der Waals surface area contributed by atoms with E-state index in [1.807, 2.05) is 0 Å². The van der Waals surface area contributed by atoms with Gasteiger partial charge in [-0.05, 0) is 43.7 Å². The second-order valence-electron chi connectivity index (χ2n) is 7.92. The maximum Gasteiger partial charge on any atom is 0.425 e. The molecule has 3 rings (SSSR count). The molecule has 2 atom stereocenters. The van der Waals surface area contributed by atoms with Crippen molar-refractivity contribution in [3.05, 3.63) is 48.0 Å². The van der Waals surface area contributed by atoms with Gasteiger partial charge >= 0.3 is 6.18 Å². The van der Waals surface area contributed by atoms with E-state index in [0.29, 0.717) is 18.7 Å². The number of hydrogen-bond acceptors (Lipinski definition) is 6. The largest absolute Gasteiger partial charge is 0.504 e. The molecule has 2 aromatic carbocycles. The molecule has 0 saturated carbocycles. The van der Waals surface area contributed by atoms with Gasteiger partial charge in [0.15, 0.2) is 27.4 Å². The number of rotatable bonds is 7. The lowest BCUT2D eigenvalue weighted by Crippen LogP contribution is -2.33. The fraction of sp³-hybridized carbons (Fsp3) is 0.409. The lowest BCUT2D eigenvalue weighted by Gasteiger charge is -2.22. The summed E-state index contributed by atoms with van der Waals surface area (Å²) in [5.74, 6) is -0.757. The molecule has 1 amide bonds. The van der Waals surface area contributed by atoms with E-state index in [9.17, 15) is 31.5 Å². The molecule has 0 radical (unpaired) electrons. The van der Waals surface area contributed by atoms with Crippen molar-refractivity contribution in [1.29, 1.82) is 0 Å². The minimum absolute atomic E-state index is 0.0124. The number of halogens is 3. The van der Waals surface area contributed by atoms with Crippen LogP contribution >= 0.6 is 0 Å². The average molecular weight is 487 g/mol. The lowest BCUT2D eigenvalue weighted by atomic mass is 10.1. The van der Waals surface area contributed by atoms with E-state index in [1.165, 1.54) is 11.0 Å². The Bertz CT molecular complexity index is 1120. The first-order valence-corrected chi connectivity index (χ1v) is 12.0. The van der Waals surface area contributed by atoms with Crippen LogP contribution in [0.25, 0.3) is 0 Å². The molecule has 1 heterocycles. The molecule has 2 aromatic rings. The number of nitrogens with zero attached hydrogens (tertiary/aromatic N) is 1. The van der Waals surface area contributed by atoms with Crippen molar-refractivity contribution in [3.63, 3.8) is 0 Å². The molecular weight excluding hydrogens is 463 g/mol. The van der Waals surface area contributed by atoms with Crippen LogP contribution in [0.15, 0.2) is 47.4 Å². The zero-order valence-corrected chi connectivity index (χ0v) is 18.8. The van der Waals surface area contributed by atoms with Gasteiger partial charge in [-0.15, -0.1) is 0 Å². The number of phenolic OH excluding ortho intramolecular Hbond substituents is 1. The summed E-state index contributed by atoms with van der Waals surface area (Å²) in [6.07, 6.45) is -5.33. The van der Waals surface area contributed by atoms with Gasteiger partial charge in [0.25, 0.3) is 5.91 Å². The van der Waals surface area contributed by atoms with Crippen LogP contribution in [-0.2, 0) is 9.84 Å². The molecule has 11 heteroatoms. The molecule has 7 nitrogen and oxygen atoms in total. The van der Waals surface area contributed by atoms with Crippen molar-refractivity contribution in [2.75, 3.05) is 26.0 Å². The van der Waals surface area contributed by atoms with Gasteiger partial charge in [0.1, 0.15) is 5.75 Å². The molecule has 1 aliphatic rings. The topological polar surface area (TPSA) is 93.1 Å². The summed E-state index contributed by atoms with van der Waals surface area (Å²) < 4.78 is 73.5. The maximum atomic E-state index is 13.1. The first kappa shape index (κ1) is 24.7. The summed E-state index contributed by atoms with van der Waals surface area (Å²) >= 11 is 0. The second kappa shape index (κ2) is 9.50. The molecule has 2 unspecified atom stereocenters. The smallest absolute Gasteiger partial charge is 0.425 e. The molecule has 0 aromatic heterocycles. The Morgan fingerprint density at radius 3 is 2.55 bits per heavy atom. The quantitative estimate of drug-likeness (QED) is 0.641. The van der Waals surface area contributed by atoms with Gasteiger partial charge in [-0.25, -0.2) is 8.42 Å². The van der Waals surface area contributed by atoms with E-state index in [4.69, 9.17) is 9.47 Å². The summed E-state index contributed by atoms with van der Waals surface area (Å²) in [6, 6.07) is 9.67. The minimum atomic E-state index is -4.66. The highest BCUT2D eigenvalue weighted by Gasteiger charge is 2.39. The van der Waals surface area contributed by atoms with Gasteiger partial charge in [-0.2, -0.15) is 13.2 Å². The van der Waals surface area contributed by atoms with E-state index in [2.05, 4.69) is 0 Å². The molecule has 1 aliphatic heterocycles. The van der Waals surface area contributed by atoms with Gasteiger partial charge in [0.2, 0.25) is 0 Å². The molecule has 180 valence electrons. The van der Waals surface area contributed by atoms with E-state index in [0.717, 1.165) is 31.4 Å². The number of hydrogen-bond donors (Lipinski definition) is 1. The summed E-state index contributed by atoms with van der Waals surface area (Å²) in [7, 11) is -3.70. The summed E-state index contributed by atoms with van der Waals surface area (Å²) in [6.45, 7) is 1.59. The van der Waals surface area contributed by atoms with Crippen LogP contribution in [0.2, 0.25) is 0 Å².